The summed E-state index contributed by atoms with van der Waals surface area (Å²) in [6.07, 6.45) is 2.96. The predicted octanol–water partition coefficient (Wildman–Crippen LogP) is 1.02. The number of aliphatic imine (C=N–C) groups is 1. The summed E-state index contributed by atoms with van der Waals surface area (Å²) in [5.74, 6) is -0.0123. The van der Waals surface area contributed by atoms with Crippen LogP contribution in [0.2, 0.25) is 0 Å². The number of nitrogens with two attached hydrogens (primary N) is 1. The van der Waals surface area contributed by atoms with E-state index in [0.717, 1.165) is 0 Å². The van der Waals surface area contributed by atoms with Gasteiger partial charge in [0.15, 0.2) is 17.5 Å². The highest BCUT2D eigenvalue weighted by molar-refractivity contribution is 6.02. The molecule has 0 aromatic carbocycles. The lowest BCUT2D eigenvalue weighted by molar-refractivity contribution is -0.128. The number of carbonyl (C=O) groups is 2. The molecule has 3 N–H and O–H groups in total. The quantitative estimate of drug-likeness (QED) is 0.857. The Morgan fingerprint density at radius 3 is 2.88 bits per heavy atom. The summed E-state index contributed by atoms with van der Waals surface area (Å²) in [6, 6.07) is 3.31. The Hall–Kier alpha value is -3.23. The van der Waals surface area contributed by atoms with Gasteiger partial charge in [-0.2, -0.15) is 0 Å². The van der Waals surface area contributed by atoms with Gasteiger partial charge in [-0.1, -0.05) is 0 Å². The van der Waals surface area contributed by atoms with E-state index in [4.69, 9.17) is 10.2 Å². The average Bonchev–Trinajstić information content (AvgIpc) is 2.99. The smallest absolute Gasteiger partial charge is 0.277 e. The predicted molar refractivity (Wildman–Crippen MR) is 89.8 cm³/mol. The zero-order valence-corrected chi connectivity index (χ0v) is 14.1. The summed E-state index contributed by atoms with van der Waals surface area (Å²) in [5.41, 5.74) is 6.15. The fourth-order valence-corrected chi connectivity index (χ4v) is 2.52. The van der Waals surface area contributed by atoms with E-state index in [-0.39, 0.29) is 24.0 Å². The van der Waals surface area contributed by atoms with Crippen LogP contribution in [0.1, 0.15) is 35.4 Å². The van der Waals surface area contributed by atoms with Gasteiger partial charge in [0.2, 0.25) is 5.91 Å². The van der Waals surface area contributed by atoms with Gasteiger partial charge in [0.1, 0.15) is 11.8 Å². The van der Waals surface area contributed by atoms with Crippen LogP contribution >= 0.6 is 0 Å². The number of hydrogen-bond acceptors (Lipinski definition) is 7. The fraction of sp³-hybridized carbons (Fsp3) is 0.312. The number of carbonyl (C=O) groups excluding carboxylic acids is 2. The third kappa shape index (κ3) is 3.21. The number of nitrogens with zero attached hydrogens (tertiary/aromatic N) is 4. The van der Waals surface area contributed by atoms with Gasteiger partial charge >= 0.3 is 0 Å². The Labute approximate surface area is 144 Å². The molecule has 1 aliphatic rings. The summed E-state index contributed by atoms with van der Waals surface area (Å²) < 4.78 is 5.03. The number of pyridine rings is 1. The Kier molecular flexibility index (Phi) is 3.99. The van der Waals surface area contributed by atoms with Gasteiger partial charge in [-0.05, 0) is 19.1 Å². The van der Waals surface area contributed by atoms with Gasteiger partial charge < -0.3 is 15.5 Å². The molecule has 1 aliphatic heterocycles. The second-order valence-corrected chi connectivity index (χ2v) is 6.01. The molecular formula is C16H18N6O3. The zero-order valence-electron chi connectivity index (χ0n) is 14.1. The van der Waals surface area contributed by atoms with E-state index >= 15 is 0 Å². The summed E-state index contributed by atoms with van der Waals surface area (Å²) in [7, 11) is 1.57. The molecule has 3 heterocycles. The van der Waals surface area contributed by atoms with Crippen LogP contribution in [0, 0.1) is 6.92 Å². The number of aryl methyl sites for hydroxylation is 1. The third-order valence-corrected chi connectivity index (χ3v) is 4.00. The van der Waals surface area contributed by atoms with Crippen LogP contribution in [-0.4, -0.2) is 39.7 Å². The first kappa shape index (κ1) is 16.6. The first-order chi connectivity index (χ1) is 11.8. The second-order valence-electron chi connectivity index (χ2n) is 6.01. The molecule has 0 aliphatic carbocycles. The molecule has 1 atom stereocenters. The molecule has 0 spiro atoms. The second kappa shape index (κ2) is 6.00. The maximum Gasteiger partial charge on any atom is 0.277 e. The van der Waals surface area contributed by atoms with Crippen molar-refractivity contribution in [3.8, 4) is 0 Å². The van der Waals surface area contributed by atoms with Crippen molar-refractivity contribution in [2.24, 2.45) is 10.7 Å². The van der Waals surface area contributed by atoms with Crippen LogP contribution in [-0.2, 0) is 10.3 Å². The first-order valence-corrected chi connectivity index (χ1v) is 7.60. The molecule has 2 aromatic heterocycles. The lowest BCUT2D eigenvalue weighted by atomic mass is 9.91. The highest BCUT2D eigenvalue weighted by atomic mass is 16.3. The normalized spacial score (nSPS) is 20.4. The highest BCUT2D eigenvalue weighted by Crippen LogP contribution is 2.32. The molecule has 0 saturated carbocycles. The van der Waals surface area contributed by atoms with Crippen molar-refractivity contribution in [1.29, 1.82) is 0 Å². The van der Waals surface area contributed by atoms with Crippen LogP contribution in [0.15, 0.2) is 34.0 Å². The average molecular weight is 342 g/mol. The molecule has 0 fully saturated rings. The van der Waals surface area contributed by atoms with E-state index in [2.05, 4.69) is 20.3 Å². The topological polar surface area (TPSA) is 127 Å². The number of guanidine groups is 1. The molecule has 2 aromatic rings. The Bertz CT molecular complexity index is 874. The van der Waals surface area contributed by atoms with E-state index in [1.165, 1.54) is 11.2 Å². The highest BCUT2D eigenvalue weighted by Gasteiger charge is 2.37. The van der Waals surface area contributed by atoms with Crippen molar-refractivity contribution in [3.63, 3.8) is 0 Å². The van der Waals surface area contributed by atoms with Crippen LogP contribution in [0.25, 0.3) is 0 Å². The molecule has 0 saturated heterocycles. The fourth-order valence-electron chi connectivity index (χ4n) is 2.52. The van der Waals surface area contributed by atoms with Crippen LogP contribution in [0.3, 0.4) is 0 Å². The number of anilines is 1. The number of amides is 2. The minimum atomic E-state index is -0.890. The van der Waals surface area contributed by atoms with Crippen molar-refractivity contribution in [2.75, 3.05) is 12.4 Å². The monoisotopic (exact) mass is 342 g/mol. The largest absolute Gasteiger partial charge is 0.448 e. The number of oxazole rings is 1. The van der Waals surface area contributed by atoms with Crippen LogP contribution in [0.4, 0.5) is 5.69 Å². The maximum absolute atomic E-state index is 12.2. The Balaban J connectivity index is 1.87. The maximum atomic E-state index is 12.2. The molecule has 130 valence electrons. The molecule has 2 amide bonds. The lowest BCUT2D eigenvalue weighted by Gasteiger charge is -2.32. The summed E-state index contributed by atoms with van der Waals surface area (Å²) >= 11 is 0. The van der Waals surface area contributed by atoms with E-state index in [1.807, 2.05) is 0 Å². The van der Waals surface area contributed by atoms with E-state index in [1.54, 1.807) is 39.2 Å². The van der Waals surface area contributed by atoms with Crippen LogP contribution < -0.4 is 11.1 Å². The number of hydrogen-bond donors (Lipinski definition) is 2. The molecule has 25 heavy (non-hydrogen) atoms. The van der Waals surface area contributed by atoms with Crippen molar-refractivity contribution in [1.82, 2.24) is 14.9 Å². The molecule has 9 nitrogen and oxygen atoms in total. The van der Waals surface area contributed by atoms with Crippen molar-refractivity contribution < 1.29 is 14.0 Å². The lowest BCUT2D eigenvalue weighted by Crippen LogP contribution is -2.47. The minimum absolute atomic E-state index is 0.132. The Morgan fingerprint density at radius 1 is 1.48 bits per heavy atom. The van der Waals surface area contributed by atoms with Crippen molar-refractivity contribution in [3.05, 3.63) is 41.9 Å². The number of rotatable bonds is 3. The van der Waals surface area contributed by atoms with E-state index in [0.29, 0.717) is 17.3 Å². The van der Waals surface area contributed by atoms with Gasteiger partial charge in [0, 0.05) is 25.9 Å². The SMILES string of the molecule is Cc1nc(C(=O)Nc2ccnc(C3(C)CC(=O)N(C)C(N)=N3)c2)co1. The number of nitrogens with one attached hydrogen (secondary N) is 1. The van der Waals surface area contributed by atoms with Gasteiger partial charge in [0.25, 0.3) is 5.91 Å². The molecule has 1 unspecified atom stereocenters. The molecule has 0 bridgehead atoms. The van der Waals surface area contributed by atoms with Crippen molar-refractivity contribution in [2.45, 2.75) is 25.8 Å². The van der Waals surface area contributed by atoms with E-state index < -0.39 is 11.4 Å². The summed E-state index contributed by atoms with van der Waals surface area (Å²) in [6.45, 7) is 3.43. The summed E-state index contributed by atoms with van der Waals surface area (Å²) in [5, 5.41) is 2.72. The molecular weight excluding hydrogens is 324 g/mol. The van der Waals surface area contributed by atoms with Crippen LogP contribution in [0.5, 0.6) is 0 Å². The van der Waals surface area contributed by atoms with E-state index in [9.17, 15) is 9.59 Å². The third-order valence-electron chi connectivity index (χ3n) is 4.00. The molecule has 3 rings (SSSR count). The zero-order chi connectivity index (χ0) is 18.2. The van der Waals surface area contributed by atoms with Gasteiger partial charge in [-0.15, -0.1) is 0 Å². The summed E-state index contributed by atoms with van der Waals surface area (Å²) in [4.78, 5) is 38.2. The van der Waals surface area contributed by atoms with Crippen molar-refractivity contribution >= 4 is 23.5 Å². The molecule has 9 heteroatoms. The van der Waals surface area contributed by atoms with Gasteiger partial charge in [-0.25, -0.2) is 9.98 Å². The van der Waals surface area contributed by atoms with Gasteiger partial charge in [0.05, 0.1) is 12.1 Å². The van der Waals surface area contributed by atoms with Gasteiger partial charge in [-0.3, -0.25) is 19.5 Å². The standard InChI is InChI=1S/C16H18N6O3/c1-9-19-11(8-25-9)14(24)20-10-4-5-18-12(6-10)16(2)7-13(23)22(3)15(17)21-16/h4-6,8H,7H2,1-3H3,(H2,17,21)(H,18,20,24). The first-order valence-electron chi connectivity index (χ1n) is 7.60. The molecule has 0 radical (unpaired) electrons. The Morgan fingerprint density at radius 2 is 2.24 bits per heavy atom. The minimum Gasteiger partial charge on any atom is -0.448 e. The number of aromatic nitrogens is 2.